The number of aryl methyl sites for hydroxylation is 3. The Morgan fingerprint density at radius 1 is 1.41 bits per heavy atom. The third-order valence-corrected chi connectivity index (χ3v) is 3.78. The van der Waals surface area contributed by atoms with Crippen LogP contribution in [0.25, 0.3) is 0 Å². The van der Waals surface area contributed by atoms with Crippen molar-refractivity contribution in [3.8, 4) is 0 Å². The Bertz CT molecular complexity index is 505. The molecule has 0 bridgehead atoms. The highest BCUT2D eigenvalue weighted by Gasteiger charge is 2.01. The van der Waals surface area contributed by atoms with E-state index in [9.17, 15) is 0 Å². The Balaban J connectivity index is 1.90. The lowest BCUT2D eigenvalue weighted by Gasteiger charge is -2.05. The van der Waals surface area contributed by atoms with Crippen LogP contribution in [0, 0.1) is 6.92 Å². The number of nitrogens with two attached hydrogens (primary N) is 1. The molecular weight excluding hydrogens is 230 g/mol. The second kappa shape index (κ2) is 5.27. The molecule has 0 aliphatic carbocycles. The molecule has 4 heteroatoms. The Labute approximate surface area is 106 Å². The van der Waals surface area contributed by atoms with E-state index in [1.165, 1.54) is 16.0 Å². The minimum absolute atomic E-state index is 0.833. The van der Waals surface area contributed by atoms with Crippen LogP contribution < -0.4 is 5.73 Å². The Morgan fingerprint density at radius 2 is 2.24 bits per heavy atom. The molecule has 2 N–H and O–H groups in total. The van der Waals surface area contributed by atoms with Crippen molar-refractivity contribution in [1.29, 1.82) is 0 Å². The standard InChI is InChI=1S/C13H17N3S/c1-10-7-12(14)3-4-13(10)17-6-5-11-8-15-16(2)9-11/h3-4,7-9H,5-6,14H2,1-2H3. The first kappa shape index (κ1) is 12.0. The molecule has 0 unspecified atom stereocenters. The lowest BCUT2D eigenvalue weighted by atomic mass is 10.2. The summed E-state index contributed by atoms with van der Waals surface area (Å²) in [6, 6.07) is 6.07. The van der Waals surface area contributed by atoms with E-state index in [0.29, 0.717) is 0 Å². The zero-order chi connectivity index (χ0) is 12.3. The van der Waals surface area contributed by atoms with Gasteiger partial charge in [0, 0.05) is 29.6 Å². The highest BCUT2D eigenvalue weighted by atomic mass is 32.2. The van der Waals surface area contributed by atoms with Crippen LogP contribution in [-0.4, -0.2) is 15.5 Å². The molecule has 2 rings (SSSR count). The predicted molar refractivity (Wildman–Crippen MR) is 73.2 cm³/mol. The van der Waals surface area contributed by atoms with Gasteiger partial charge < -0.3 is 5.73 Å². The normalized spacial score (nSPS) is 10.7. The number of anilines is 1. The summed E-state index contributed by atoms with van der Waals surface area (Å²) in [7, 11) is 1.95. The van der Waals surface area contributed by atoms with Crippen LogP contribution in [-0.2, 0) is 13.5 Å². The zero-order valence-corrected chi connectivity index (χ0v) is 11.0. The number of hydrogen-bond acceptors (Lipinski definition) is 3. The Kier molecular flexibility index (Phi) is 3.74. The van der Waals surface area contributed by atoms with Crippen molar-refractivity contribution in [3.05, 3.63) is 41.7 Å². The molecule has 0 saturated heterocycles. The third kappa shape index (κ3) is 3.27. The number of aromatic nitrogens is 2. The summed E-state index contributed by atoms with van der Waals surface area (Å²) in [6.07, 6.45) is 5.04. The second-order valence-corrected chi connectivity index (χ2v) is 5.28. The van der Waals surface area contributed by atoms with Crippen molar-refractivity contribution in [2.24, 2.45) is 7.05 Å². The van der Waals surface area contributed by atoms with Crippen LogP contribution in [0.15, 0.2) is 35.5 Å². The fourth-order valence-corrected chi connectivity index (χ4v) is 2.72. The molecule has 0 aliphatic heterocycles. The maximum absolute atomic E-state index is 5.73. The molecule has 2 aromatic rings. The quantitative estimate of drug-likeness (QED) is 0.667. The first-order chi connectivity index (χ1) is 8.15. The summed E-state index contributed by atoms with van der Waals surface area (Å²) in [5, 5.41) is 4.16. The van der Waals surface area contributed by atoms with Gasteiger partial charge in [0.1, 0.15) is 0 Å². The first-order valence-electron chi connectivity index (χ1n) is 5.61. The molecule has 0 saturated carbocycles. The number of thioether (sulfide) groups is 1. The Morgan fingerprint density at radius 3 is 2.88 bits per heavy atom. The summed E-state index contributed by atoms with van der Waals surface area (Å²) in [5.74, 6) is 1.07. The van der Waals surface area contributed by atoms with Crippen LogP contribution in [0.3, 0.4) is 0 Å². The van der Waals surface area contributed by atoms with E-state index in [4.69, 9.17) is 5.73 Å². The topological polar surface area (TPSA) is 43.8 Å². The van der Waals surface area contributed by atoms with E-state index in [1.54, 1.807) is 0 Å². The lowest BCUT2D eigenvalue weighted by molar-refractivity contribution is 0.767. The van der Waals surface area contributed by atoms with Gasteiger partial charge in [-0.1, -0.05) is 0 Å². The molecule has 0 aliphatic rings. The van der Waals surface area contributed by atoms with Crippen molar-refractivity contribution in [1.82, 2.24) is 9.78 Å². The average Bonchev–Trinajstić information content (AvgIpc) is 2.68. The van der Waals surface area contributed by atoms with E-state index in [2.05, 4.69) is 24.3 Å². The number of rotatable bonds is 4. The third-order valence-electron chi connectivity index (χ3n) is 2.61. The van der Waals surface area contributed by atoms with Gasteiger partial charge in [-0.2, -0.15) is 5.10 Å². The molecule has 1 aromatic heterocycles. The fourth-order valence-electron chi connectivity index (χ4n) is 1.71. The molecule has 1 heterocycles. The van der Waals surface area contributed by atoms with Crippen LogP contribution in [0.1, 0.15) is 11.1 Å². The monoisotopic (exact) mass is 247 g/mol. The van der Waals surface area contributed by atoms with E-state index < -0.39 is 0 Å². The van der Waals surface area contributed by atoms with Gasteiger partial charge in [-0.25, -0.2) is 0 Å². The minimum Gasteiger partial charge on any atom is -0.399 e. The molecule has 0 fully saturated rings. The first-order valence-corrected chi connectivity index (χ1v) is 6.60. The van der Waals surface area contributed by atoms with Gasteiger partial charge in [-0.15, -0.1) is 11.8 Å². The number of nitrogen functional groups attached to an aromatic ring is 1. The highest BCUT2D eigenvalue weighted by Crippen LogP contribution is 2.24. The summed E-state index contributed by atoms with van der Waals surface area (Å²) in [5.41, 5.74) is 9.10. The lowest BCUT2D eigenvalue weighted by Crippen LogP contribution is -1.90. The molecule has 0 atom stereocenters. The van der Waals surface area contributed by atoms with Gasteiger partial charge in [0.2, 0.25) is 0 Å². The minimum atomic E-state index is 0.833. The maximum Gasteiger partial charge on any atom is 0.0521 e. The van der Waals surface area contributed by atoms with Gasteiger partial charge in [0.25, 0.3) is 0 Å². The smallest absolute Gasteiger partial charge is 0.0521 e. The van der Waals surface area contributed by atoms with Gasteiger partial charge in [0.15, 0.2) is 0 Å². The van der Waals surface area contributed by atoms with Crippen LogP contribution in [0.5, 0.6) is 0 Å². The van der Waals surface area contributed by atoms with Gasteiger partial charge in [0.05, 0.1) is 6.20 Å². The van der Waals surface area contributed by atoms with Crippen molar-refractivity contribution in [2.45, 2.75) is 18.2 Å². The largest absolute Gasteiger partial charge is 0.399 e. The second-order valence-electron chi connectivity index (χ2n) is 4.15. The molecule has 17 heavy (non-hydrogen) atoms. The van der Waals surface area contributed by atoms with E-state index in [1.807, 2.05) is 41.8 Å². The Hall–Kier alpha value is -1.42. The van der Waals surface area contributed by atoms with Crippen molar-refractivity contribution in [3.63, 3.8) is 0 Å². The summed E-state index contributed by atoms with van der Waals surface area (Å²) >= 11 is 1.87. The van der Waals surface area contributed by atoms with Crippen molar-refractivity contribution >= 4 is 17.4 Å². The summed E-state index contributed by atoms with van der Waals surface area (Å²) in [6.45, 7) is 2.10. The molecule has 0 spiro atoms. The van der Waals surface area contributed by atoms with E-state index >= 15 is 0 Å². The van der Waals surface area contributed by atoms with Crippen LogP contribution in [0.4, 0.5) is 5.69 Å². The molecule has 3 nitrogen and oxygen atoms in total. The highest BCUT2D eigenvalue weighted by molar-refractivity contribution is 7.99. The van der Waals surface area contributed by atoms with Crippen molar-refractivity contribution in [2.75, 3.05) is 11.5 Å². The predicted octanol–water partition coefficient (Wildman–Crippen LogP) is 2.65. The zero-order valence-electron chi connectivity index (χ0n) is 10.2. The van der Waals surface area contributed by atoms with Crippen molar-refractivity contribution < 1.29 is 0 Å². The maximum atomic E-state index is 5.73. The van der Waals surface area contributed by atoms with E-state index in [0.717, 1.165) is 17.9 Å². The SMILES string of the molecule is Cc1cc(N)ccc1SCCc1cnn(C)c1. The molecule has 90 valence electrons. The van der Waals surface area contributed by atoms with E-state index in [-0.39, 0.29) is 0 Å². The van der Waals surface area contributed by atoms with Crippen LogP contribution in [0.2, 0.25) is 0 Å². The molecule has 0 amide bonds. The average molecular weight is 247 g/mol. The summed E-state index contributed by atoms with van der Waals surface area (Å²) < 4.78 is 1.84. The number of hydrogen-bond donors (Lipinski definition) is 1. The van der Waals surface area contributed by atoms with Gasteiger partial charge in [-0.05, 0) is 42.7 Å². The fraction of sp³-hybridized carbons (Fsp3) is 0.308. The summed E-state index contributed by atoms with van der Waals surface area (Å²) in [4.78, 5) is 1.31. The van der Waals surface area contributed by atoms with Gasteiger partial charge >= 0.3 is 0 Å². The van der Waals surface area contributed by atoms with Crippen LogP contribution >= 0.6 is 11.8 Å². The molecular formula is C13H17N3S. The number of benzene rings is 1. The molecule has 1 aromatic carbocycles. The number of nitrogens with zero attached hydrogens (tertiary/aromatic N) is 2. The molecule has 0 radical (unpaired) electrons. The van der Waals surface area contributed by atoms with Gasteiger partial charge in [-0.3, -0.25) is 4.68 Å².